The highest BCUT2D eigenvalue weighted by Gasteiger charge is 2.15. The molecule has 2 saturated heterocycles. The van der Waals surface area contributed by atoms with Crippen LogP contribution in [0.2, 0.25) is 0 Å². The lowest BCUT2D eigenvalue weighted by Gasteiger charge is -2.21. The molecule has 0 saturated carbocycles. The molecule has 0 aromatic carbocycles. The van der Waals surface area contributed by atoms with E-state index in [9.17, 15) is 0 Å². The number of thioether (sulfide) groups is 1. The van der Waals surface area contributed by atoms with E-state index >= 15 is 0 Å². The fourth-order valence-corrected chi connectivity index (χ4v) is 4.16. The Kier molecular flexibility index (Phi) is 11.7. The first-order valence-corrected chi connectivity index (χ1v) is 9.87. The van der Waals surface area contributed by atoms with Gasteiger partial charge in [0.15, 0.2) is 5.96 Å². The zero-order valence-electron chi connectivity index (χ0n) is 14.7. The third kappa shape index (κ3) is 8.79. The average Bonchev–Trinajstić information content (AvgIpc) is 2.95. The number of halogens is 1. The van der Waals surface area contributed by atoms with Gasteiger partial charge in [-0.2, -0.15) is 11.8 Å². The van der Waals surface area contributed by atoms with E-state index in [1.165, 1.54) is 51.2 Å². The van der Waals surface area contributed by atoms with Crippen LogP contribution in [0.5, 0.6) is 0 Å². The molecule has 2 rings (SSSR count). The first-order valence-electron chi connectivity index (χ1n) is 8.82. The molecule has 0 aromatic heterocycles. The quantitative estimate of drug-likeness (QED) is 0.363. The van der Waals surface area contributed by atoms with Crippen LogP contribution in [-0.4, -0.2) is 86.2 Å². The van der Waals surface area contributed by atoms with E-state index in [-0.39, 0.29) is 24.0 Å². The number of guanidine groups is 1. The lowest BCUT2D eigenvalue weighted by Crippen LogP contribution is -2.42. The molecular weight excluding hydrogens is 421 g/mol. The van der Waals surface area contributed by atoms with Crippen LogP contribution in [0.25, 0.3) is 0 Å². The van der Waals surface area contributed by atoms with Crippen molar-refractivity contribution < 1.29 is 0 Å². The summed E-state index contributed by atoms with van der Waals surface area (Å²) in [5.74, 6) is 2.30. The molecule has 2 aliphatic rings. The highest BCUT2D eigenvalue weighted by atomic mass is 127. The second-order valence-corrected chi connectivity index (χ2v) is 7.69. The number of rotatable bonds is 6. The van der Waals surface area contributed by atoms with Gasteiger partial charge in [0.05, 0.1) is 6.54 Å². The van der Waals surface area contributed by atoms with Crippen molar-refractivity contribution in [2.45, 2.75) is 31.4 Å². The molecule has 2 heterocycles. The maximum Gasteiger partial charge on any atom is 0.191 e. The molecule has 0 radical (unpaired) electrons. The molecule has 0 bridgehead atoms. The molecule has 0 aromatic rings. The lowest BCUT2D eigenvalue weighted by atomic mass is 10.2. The highest BCUT2D eigenvalue weighted by Crippen LogP contribution is 2.25. The number of aliphatic imine (C=N–C) groups is 1. The second-order valence-electron chi connectivity index (χ2n) is 6.28. The Morgan fingerprint density at radius 1 is 1.17 bits per heavy atom. The largest absolute Gasteiger partial charge is 0.357 e. The van der Waals surface area contributed by atoms with E-state index < -0.39 is 0 Å². The monoisotopic (exact) mass is 455 g/mol. The number of likely N-dealkylation sites (N-methyl/N-ethyl adjacent to an activating group) is 1. The summed E-state index contributed by atoms with van der Waals surface area (Å²) in [6, 6.07) is 0. The van der Waals surface area contributed by atoms with Crippen molar-refractivity contribution in [3.05, 3.63) is 0 Å². The van der Waals surface area contributed by atoms with Gasteiger partial charge in [-0.1, -0.05) is 0 Å². The van der Waals surface area contributed by atoms with Crippen LogP contribution in [0.15, 0.2) is 4.99 Å². The van der Waals surface area contributed by atoms with Gasteiger partial charge in [0, 0.05) is 38.0 Å². The van der Waals surface area contributed by atoms with Gasteiger partial charge in [-0.15, -0.1) is 24.0 Å². The van der Waals surface area contributed by atoms with E-state index in [1.54, 1.807) is 0 Å². The van der Waals surface area contributed by atoms with Crippen LogP contribution in [0.3, 0.4) is 0 Å². The Hall–Kier alpha value is 0.270. The van der Waals surface area contributed by atoms with Crippen LogP contribution >= 0.6 is 35.7 Å². The van der Waals surface area contributed by atoms with Crippen LogP contribution in [0.4, 0.5) is 0 Å². The zero-order valence-corrected chi connectivity index (χ0v) is 17.9. The van der Waals surface area contributed by atoms with Crippen molar-refractivity contribution in [1.29, 1.82) is 0 Å². The van der Waals surface area contributed by atoms with E-state index in [0.717, 1.165) is 37.4 Å². The summed E-state index contributed by atoms with van der Waals surface area (Å²) < 4.78 is 0. The molecule has 0 aliphatic carbocycles. The molecule has 1 atom stereocenters. The summed E-state index contributed by atoms with van der Waals surface area (Å²) in [5.41, 5.74) is 0. The summed E-state index contributed by atoms with van der Waals surface area (Å²) in [5, 5.41) is 7.60. The van der Waals surface area contributed by atoms with Gasteiger partial charge in [0.1, 0.15) is 0 Å². The van der Waals surface area contributed by atoms with Crippen LogP contribution in [-0.2, 0) is 0 Å². The minimum atomic E-state index is 0. The smallest absolute Gasteiger partial charge is 0.191 e. The Labute approximate surface area is 163 Å². The van der Waals surface area contributed by atoms with E-state index in [2.05, 4.69) is 46.2 Å². The highest BCUT2D eigenvalue weighted by molar-refractivity contribution is 14.0. The van der Waals surface area contributed by atoms with Gasteiger partial charge in [-0.05, 0) is 52.1 Å². The normalized spacial score (nSPS) is 24.1. The summed E-state index contributed by atoms with van der Waals surface area (Å²) in [4.78, 5) is 9.75. The molecule has 23 heavy (non-hydrogen) atoms. The van der Waals surface area contributed by atoms with Gasteiger partial charge in [-0.25, -0.2) is 0 Å². The predicted molar refractivity (Wildman–Crippen MR) is 113 cm³/mol. The number of nitrogens with zero attached hydrogens (tertiary/aromatic N) is 3. The Balaban J connectivity index is 0.00000264. The molecule has 0 spiro atoms. The number of hydrogen-bond acceptors (Lipinski definition) is 4. The first kappa shape index (κ1) is 21.3. The zero-order chi connectivity index (χ0) is 15.6. The van der Waals surface area contributed by atoms with Crippen molar-refractivity contribution in [3.63, 3.8) is 0 Å². The fourth-order valence-electron chi connectivity index (χ4n) is 2.98. The number of hydrogen-bond donors (Lipinski definition) is 2. The maximum absolute atomic E-state index is 4.76. The van der Waals surface area contributed by atoms with E-state index in [0.29, 0.717) is 0 Å². The minimum Gasteiger partial charge on any atom is -0.357 e. The molecule has 2 N–H and O–H groups in total. The third-order valence-corrected chi connectivity index (χ3v) is 5.73. The molecule has 2 fully saturated rings. The topological polar surface area (TPSA) is 42.9 Å². The number of nitrogens with one attached hydrogen (secondary N) is 2. The average molecular weight is 455 g/mol. The first-order chi connectivity index (χ1) is 10.8. The second kappa shape index (κ2) is 12.6. The summed E-state index contributed by atoms with van der Waals surface area (Å²) in [6.07, 6.45) is 3.97. The van der Waals surface area contributed by atoms with Crippen molar-refractivity contribution in [2.75, 3.05) is 65.2 Å². The molecule has 2 aliphatic heterocycles. The van der Waals surface area contributed by atoms with Gasteiger partial charge in [0.25, 0.3) is 0 Å². The predicted octanol–water partition coefficient (Wildman–Crippen LogP) is 1.69. The summed E-state index contributed by atoms with van der Waals surface area (Å²) in [7, 11) is 2.22. The van der Waals surface area contributed by atoms with Crippen LogP contribution < -0.4 is 10.6 Å². The summed E-state index contributed by atoms with van der Waals surface area (Å²) in [6.45, 7) is 10.9. The van der Waals surface area contributed by atoms with Crippen LogP contribution in [0, 0.1) is 0 Å². The van der Waals surface area contributed by atoms with E-state index in [4.69, 9.17) is 4.99 Å². The Morgan fingerprint density at radius 3 is 2.78 bits per heavy atom. The van der Waals surface area contributed by atoms with Crippen molar-refractivity contribution >= 4 is 41.7 Å². The van der Waals surface area contributed by atoms with Gasteiger partial charge < -0.3 is 20.4 Å². The molecule has 0 amide bonds. The van der Waals surface area contributed by atoms with Gasteiger partial charge in [0.2, 0.25) is 0 Å². The molecule has 5 nitrogen and oxygen atoms in total. The standard InChI is InChI=1S/C16H33N5S.HI/c1-3-17-16(19-14-15-6-4-13-22-15)18-7-10-21-9-5-8-20(2)11-12-21;/h15H,3-14H2,1-2H3,(H2,17,18,19);1H. The Morgan fingerprint density at radius 2 is 2.04 bits per heavy atom. The maximum atomic E-state index is 4.76. The van der Waals surface area contributed by atoms with Gasteiger partial charge in [-0.3, -0.25) is 4.99 Å². The van der Waals surface area contributed by atoms with E-state index in [1.807, 2.05) is 0 Å². The molecule has 1 unspecified atom stereocenters. The minimum absolute atomic E-state index is 0. The van der Waals surface area contributed by atoms with Crippen molar-refractivity contribution in [3.8, 4) is 0 Å². The molecular formula is C16H34IN5S. The van der Waals surface area contributed by atoms with Crippen molar-refractivity contribution in [2.24, 2.45) is 4.99 Å². The third-order valence-electron chi connectivity index (χ3n) is 4.35. The van der Waals surface area contributed by atoms with Crippen molar-refractivity contribution in [1.82, 2.24) is 20.4 Å². The fraction of sp³-hybridized carbons (Fsp3) is 0.938. The SMILES string of the molecule is CCNC(=NCC1CCCS1)NCCN1CCCN(C)CC1.I. The molecule has 136 valence electrons. The van der Waals surface area contributed by atoms with Gasteiger partial charge >= 0.3 is 0 Å². The summed E-state index contributed by atoms with van der Waals surface area (Å²) >= 11 is 2.08. The molecule has 7 heteroatoms. The Bertz CT molecular complexity index is 336. The van der Waals surface area contributed by atoms with Crippen LogP contribution in [0.1, 0.15) is 26.2 Å². The lowest BCUT2D eigenvalue weighted by molar-refractivity contribution is 0.280.